The van der Waals surface area contributed by atoms with Gasteiger partial charge in [-0.1, -0.05) is 18.0 Å². The van der Waals surface area contributed by atoms with E-state index in [1.165, 1.54) is 6.42 Å². The molecule has 0 saturated heterocycles. The van der Waals surface area contributed by atoms with E-state index in [0.717, 1.165) is 43.1 Å². The third-order valence-electron chi connectivity index (χ3n) is 5.61. The number of halogens is 1. The fraction of sp³-hybridized carbons (Fsp3) is 0.304. The van der Waals surface area contributed by atoms with Crippen molar-refractivity contribution in [2.45, 2.75) is 38.6 Å². The lowest BCUT2D eigenvalue weighted by Crippen LogP contribution is -2.27. The molecule has 0 saturated carbocycles. The Bertz CT molecular complexity index is 1210. The maximum Gasteiger partial charge on any atom is 0.271 e. The summed E-state index contributed by atoms with van der Waals surface area (Å²) in [5, 5.41) is 16.8. The normalized spacial score (nSPS) is 13.5. The van der Waals surface area contributed by atoms with E-state index in [0.29, 0.717) is 35.1 Å². The lowest BCUT2D eigenvalue weighted by Gasteiger charge is -2.07. The lowest BCUT2D eigenvalue weighted by molar-refractivity contribution is 0.0948. The SMILES string of the molecule is O=C(NCCc1nnc2n1CCCCC2)c1cc(-c2ccco2)n(-c2ccc(Cl)cc2)n1. The van der Waals surface area contributed by atoms with Gasteiger partial charge in [0, 0.05) is 37.0 Å². The summed E-state index contributed by atoms with van der Waals surface area (Å²) in [7, 11) is 0. The minimum absolute atomic E-state index is 0.249. The third kappa shape index (κ3) is 4.18. The Hall–Kier alpha value is -3.39. The van der Waals surface area contributed by atoms with Crippen LogP contribution >= 0.6 is 11.6 Å². The van der Waals surface area contributed by atoms with Crippen LogP contribution in [-0.2, 0) is 19.4 Å². The van der Waals surface area contributed by atoms with E-state index in [9.17, 15) is 4.79 Å². The largest absolute Gasteiger partial charge is 0.463 e. The van der Waals surface area contributed by atoms with Crippen LogP contribution in [0.2, 0.25) is 5.02 Å². The first-order chi connectivity index (χ1) is 15.7. The first kappa shape index (κ1) is 20.5. The summed E-state index contributed by atoms with van der Waals surface area (Å²) < 4.78 is 9.44. The van der Waals surface area contributed by atoms with Gasteiger partial charge in [0.1, 0.15) is 17.3 Å². The van der Waals surface area contributed by atoms with Crippen LogP contribution in [0.15, 0.2) is 53.1 Å². The van der Waals surface area contributed by atoms with Crippen LogP contribution < -0.4 is 5.32 Å². The molecular formula is C23H23ClN6O2. The van der Waals surface area contributed by atoms with E-state index in [-0.39, 0.29) is 5.91 Å². The molecule has 5 rings (SSSR count). The van der Waals surface area contributed by atoms with Crippen LogP contribution in [0.25, 0.3) is 17.1 Å². The van der Waals surface area contributed by atoms with Crippen LogP contribution in [-0.4, -0.2) is 37.0 Å². The summed E-state index contributed by atoms with van der Waals surface area (Å²) in [5.41, 5.74) is 1.78. The number of carbonyl (C=O) groups is 1. The smallest absolute Gasteiger partial charge is 0.271 e. The van der Waals surface area contributed by atoms with Crippen molar-refractivity contribution in [1.82, 2.24) is 29.9 Å². The fourth-order valence-corrected chi connectivity index (χ4v) is 4.11. The molecule has 4 aromatic rings. The highest BCUT2D eigenvalue weighted by molar-refractivity contribution is 6.30. The van der Waals surface area contributed by atoms with Gasteiger partial charge in [0.25, 0.3) is 5.91 Å². The van der Waals surface area contributed by atoms with E-state index >= 15 is 0 Å². The number of rotatable bonds is 6. The third-order valence-corrected chi connectivity index (χ3v) is 5.86. The van der Waals surface area contributed by atoms with Gasteiger partial charge in [-0.3, -0.25) is 4.79 Å². The van der Waals surface area contributed by atoms with Crippen molar-refractivity contribution in [1.29, 1.82) is 0 Å². The molecule has 0 bridgehead atoms. The number of hydrogen-bond acceptors (Lipinski definition) is 5. The molecule has 9 heteroatoms. The van der Waals surface area contributed by atoms with E-state index < -0.39 is 0 Å². The second-order valence-corrected chi connectivity index (χ2v) is 8.22. The predicted molar refractivity (Wildman–Crippen MR) is 120 cm³/mol. The van der Waals surface area contributed by atoms with Gasteiger partial charge in [0.05, 0.1) is 12.0 Å². The maximum atomic E-state index is 12.9. The number of fused-ring (bicyclic) bond motifs is 1. The molecule has 0 atom stereocenters. The first-order valence-electron chi connectivity index (χ1n) is 10.8. The number of nitrogens with zero attached hydrogens (tertiary/aromatic N) is 5. The van der Waals surface area contributed by atoms with E-state index in [2.05, 4.69) is 25.2 Å². The summed E-state index contributed by atoms with van der Waals surface area (Å²) >= 11 is 6.02. The number of amides is 1. The quantitative estimate of drug-likeness (QED) is 0.478. The van der Waals surface area contributed by atoms with Crippen LogP contribution in [0, 0.1) is 0 Å². The van der Waals surface area contributed by atoms with Gasteiger partial charge >= 0.3 is 0 Å². The molecule has 0 unspecified atom stereocenters. The summed E-state index contributed by atoms with van der Waals surface area (Å²) in [6.07, 6.45) is 6.70. The Morgan fingerprint density at radius 2 is 2.00 bits per heavy atom. The number of carbonyl (C=O) groups excluding carboxylic acids is 1. The first-order valence-corrected chi connectivity index (χ1v) is 11.2. The van der Waals surface area contributed by atoms with Crippen LogP contribution in [0.4, 0.5) is 0 Å². The van der Waals surface area contributed by atoms with Crippen molar-refractivity contribution in [2.75, 3.05) is 6.54 Å². The van der Waals surface area contributed by atoms with Gasteiger partial charge in [-0.05, 0) is 49.2 Å². The van der Waals surface area contributed by atoms with Gasteiger partial charge in [-0.2, -0.15) is 5.10 Å². The van der Waals surface area contributed by atoms with Crippen LogP contribution in [0.1, 0.15) is 41.4 Å². The molecule has 0 radical (unpaired) electrons. The van der Waals surface area contributed by atoms with E-state index in [1.807, 2.05) is 18.2 Å². The van der Waals surface area contributed by atoms with Gasteiger partial charge < -0.3 is 14.3 Å². The number of benzene rings is 1. The zero-order valence-corrected chi connectivity index (χ0v) is 18.3. The second kappa shape index (κ2) is 9.00. The standard InChI is InChI=1S/C23H23ClN6O2/c24-16-7-9-17(10-8-16)30-19(20-5-4-14-32-20)15-18(28-30)23(31)25-12-11-22-27-26-21-6-2-1-3-13-29(21)22/h4-5,7-10,14-15H,1-3,6,11-13H2,(H,25,31). The van der Waals surface area contributed by atoms with Crippen molar-refractivity contribution in [2.24, 2.45) is 0 Å². The molecule has 1 amide bonds. The Morgan fingerprint density at radius 3 is 2.81 bits per heavy atom. The summed E-state index contributed by atoms with van der Waals surface area (Å²) in [4.78, 5) is 12.9. The van der Waals surface area contributed by atoms with Crippen molar-refractivity contribution >= 4 is 17.5 Å². The summed E-state index contributed by atoms with van der Waals surface area (Å²) in [5.74, 6) is 2.34. The Kier molecular flexibility index (Phi) is 5.77. The van der Waals surface area contributed by atoms with Gasteiger partial charge in [-0.25, -0.2) is 4.68 Å². The molecule has 0 fully saturated rings. The number of nitrogens with one attached hydrogen (secondary N) is 1. The van der Waals surface area contributed by atoms with Crippen LogP contribution in [0.5, 0.6) is 0 Å². The highest BCUT2D eigenvalue weighted by atomic mass is 35.5. The van der Waals surface area contributed by atoms with Crippen molar-refractivity contribution in [3.63, 3.8) is 0 Å². The van der Waals surface area contributed by atoms with Crippen molar-refractivity contribution in [3.8, 4) is 17.1 Å². The molecule has 1 aromatic carbocycles. The lowest BCUT2D eigenvalue weighted by atomic mass is 10.2. The molecule has 4 heterocycles. The number of furan rings is 1. The zero-order valence-electron chi connectivity index (χ0n) is 17.5. The molecule has 3 aromatic heterocycles. The Morgan fingerprint density at radius 1 is 1.12 bits per heavy atom. The van der Waals surface area contributed by atoms with E-state index in [4.69, 9.17) is 16.0 Å². The Labute approximate surface area is 190 Å². The maximum absolute atomic E-state index is 12.9. The number of aromatic nitrogens is 5. The van der Waals surface area contributed by atoms with Crippen molar-refractivity contribution < 1.29 is 9.21 Å². The average molecular weight is 451 g/mol. The topological polar surface area (TPSA) is 90.8 Å². The second-order valence-electron chi connectivity index (χ2n) is 7.78. The van der Waals surface area contributed by atoms with Gasteiger partial charge in [-0.15, -0.1) is 10.2 Å². The number of hydrogen-bond donors (Lipinski definition) is 1. The Balaban J connectivity index is 1.32. The minimum atomic E-state index is -0.249. The molecule has 32 heavy (non-hydrogen) atoms. The van der Waals surface area contributed by atoms with Crippen LogP contribution in [0.3, 0.4) is 0 Å². The molecule has 0 spiro atoms. The molecule has 1 aliphatic heterocycles. The van der Waals surface area contributed by atoms with Crippen molar-refractivity contribution in [3.05, 3.63) is 71.1 Å². The summed E-state index contributed by atoms with van der Waals surface area (Å²) in [6, 6.07) is 12.6. The van der Waals surface area contributed by atoms with E-state index in [1.54, 1.807) is 35.2 Å². The zero-order chi connectivity index (χ0) is 21.9. The highest BCUT2D eigenvalue weighted by Crippen LogP contribution is 2.25. The number of aryl methyl sites for hydroxylation is 1. The molecule has 8 nitrogen and oxygen atoms in total. The molecular weight excluding hydrogens is 428 g/mol. The fourth-order valence-electron chi connectivity index (χ4n) is 3.98. The highest BCUT2D eigenvalue weighted by Gasteiger charge is 2.19. The van der Waals surface area contributed by atoms with Gasteiger partial charge in [0.2, 0.25) is 0 Å². The molecule has 0 aliphatic carbocycles. The monoisotopic (exact) mass is 450 g/mol. The molecule has 164 valence electrons. The summed E-state index contributed by atoms with van der Waals surface area (Å²) in [6.45, 7) is 1.41. The average Bonchev–Trinajstić information content (AvgIpc) is 3.52. The minimum Gasteiger partial charge on any atom is -0.463 e. The molecule has 1 aliphatic rings. The molecule has 1 N–H and O–H groups in total. The predicted octanol–water partition coefficient (Wildman–Crippen LogP) is 4.08. The van der Waals surface area contributed by atoms with Gasteiger partial charge in [0.15, 0.2) is 11.5 Å².